The van der Waals surface area contributed by atoms with Crippen LogP contribution < -0.4 is 5.32 Å². The highest BCUT2D eigenvalue weighted by Crippen LogP contribution is 2.19. The van der Waals surface area contributed by atoms with Crippen molar-refractivity contribution < 1.29 is 17.6 Å². The predicted molar refractivity (Wildman–Crippen MR) is 92.0 cm³/mol. The van der Waals surface area contributed by atoms with Crippen LogP contribution in [0.25, 0.3) is 0 Å². The molecule has 2 heterocycles. The number of piperidine rings is 1. The van der Waals surface area contributed by atoms with E-state index in [1.165, 1.54) is 16.4 Å². The lowest BCUT2D eigenvalue weighted by atomic mass is 10.0. The predicted octanol–water partition coefficient (Wildman–Crippen LogP) is 1.19. The monoisotopic (exact) mass is 369 g/mol. The van der Waals surface area contributed by atoms with E-state index in [1.54, 1.807) is 4.90 Å². The van der Waals surface area contributed by atoms with Crippen LogP contribution in [0.3, 0.4) is 0 Å². The Morgan fingerprint density at radius 1 is 1.04 bits per heavy atom. The first-order chi connectivity index (χ1) is 12.0. The van der Waals surface area contributed by atoms with Gasteiger partial charge < -0.3 is 10.2 Å². The molecule has 25 heavy (non-hydrogen) atoms. The first-order valence-corrected chi connectivity index (χ1v) is 10.2. The average molecular weight is 369 g/mol. The summed E-state index contributed by atoms with van der Waals surface area (Å²) in [5, 5.41) is 3.25. The Kier molecular flexibility index (Phi) is 5.71. The number of sulfonamides is 1. The summed E-state index contributed by atoms with van der Waals surface area (Å²) in [5.41, 5.74) is 0. The van der Waals surface area contributed by atoms with Gasteiger partial charge in [0.05, 0.1) is 10.9 Å². The number of halogens is 1. The normalized spacial score (nSPS) is 23.2. The molecule has 1 N–H and O–H groups in total. The molecule has 0 aliphatic carbocycles. The highest BCUT2D eigenvalue weighted by Gasteiger charge is 2.31. The highest BCUT2D eigenvalue weighted by atomic mass is 32.2. The summed E-state index contributed by atoms with van der Waals surface area (Å²) in [6.45, 7) is 2.43. The molecule has 8 heteroatoms. The minimum absolute atomic E-state index is 0.0701. The third kappa shape index (κ3) is 4.19. The molecule has 0 saturated carbocycles. The largest absolute Gasteiger partial charge is 0.340 e. The molecular formula is C17H24FN3O3S. The third-order valence-corrected chi connectivity index (χ3v) is 6.74. The van der Waals surface area contributed by atoms with Crippen molar-refractivity contribution in [3.05, 3.63) is 30.1 Å². The number of benzene rings is 1. The van der Waals surface area contributed by atoms with Crippen molar-refractivity contribution in [2.24, 2.45) is 0 Å². The van der Waals surface area contributed by atoms with Gasteiger partial charge in [-0.25, -0.2) is 12.8 Å². The van der Waals surface area contributed by atoms with Crippen LogP contribution in [0.2, 0.25) is 0 Å². The first-order valence-electron chi connectivity index (χ1n) is 8.76. The summed E-state index contributed by atoms with van der Waals surface area (Å²) in [7, 11) is -3.66. The van der Waals surface area contributed by atoms with E-state index < -0.39 is 15.8 Å². The molecule has 1 atom stereocenters. The zero-order valence-corrected chi connectivity index (χ0v) is 15.0. The van der Waals surface area contributed by atoms with E-state index in [1.807, 2.05) is 0 Å². The number of hydrogen-bond donors (Lipinski definition) is 1. The molecule has 1 amide bonds. The number of carbonyl (C=O) groups is 1. The number of nitrogens with one attached hydrogen (secondary N) is 1. The lowest BCUT2D eigenvalue weighted by molar-refractivity contribution is -0.133. The van der Waals surface area contributed by atoms with Gasteiger partial charge in [-0.1, -0.05) is 6.42 Å². The standard InChI is InChI=1S/C17H24FN3O3S/c18-14-5-7-15(8-6-14)25(23,24)21-11-3-10-20(12-13-21)17(22)16-4-1-2-9-19-16/h5-8,16,19H,1-4,9-13H2. The summed E-state index contributed by atoms with van der Waals surface area (Å²) in [5.74, 6) is -0.396. The van der Waals surface area contributed by atoms with Gasteiger partial charge in [-0.2, -0.15) is 4.31 Å². The van der Waals surface area contributed by atoms with E-state index in [4.69, 9.17) is 0 Å². The van der Waals surface area contributed by atoms with Crippen LogP contribution >= 0.6 is 0 Å². The average Bonchev–Trinajstić information content (AvgIpc) is 2.89. The smallest absolute Gasteiger partial charge is 0.243 e. The van der Waals surface area contributed by atoms with Gasteiger partial charge in [0, 0.05) is 26.2 Å². The van der Waals surface area contributed by atoms with Crippen LogP contribution in [0, 0.1) is 5.82 Å². The van der Waals surface area contributed by atoms with E-state index in [2.05, 4.69) is 5.32 Å². The van der Waals surface area contributed by atoms with Crippen molar-refractivity contribution in [3.63, 3.8) is 0 Å². The maximum absolute atomic E-state index is 13.0. The van der Waals surface area contributed by atoms with Crippen molar-refractivity contribution in [2.75, 3.05) is 32.7 Å². The molecule has 1 unspecified atom stereocenters. The Labute approximate surface area is 148 Å². The molecule has 2 fully saturated rings. The zero-order valence-electron chi connectivity index (χ0n) is 14.2. The fraction of sp³-hybridized carbons (Fsp3) is 0.588. The number of nitrogens with zero attached hydrogens (tertiary/aromatic N) is 2. The van der Waals surface area contributed by atoms with Crippen LogP contribution in [-0.2, 0) is 14.8 Å². The molecule has 1 aromatic carbocycles. The molecule has 3 rings (SSSR count). The Balaban J connectivity index is 1.66. The van der Waals surface area contributed by atoms with Crippen molar-refractivity contribution in [1.82, 2.24) is 14.5 Å². The molecule has 2 saturated heterocycles. The molecule has 6 nitrogen and oxygen atoms in total. The molecule has 0 bridgehead atoms. The van der Waals surface area contributed by atoms with Gasteiger partial charge in [-0.15, -0.1) is 0 Å². The lowest BCUT2D eigenvalue weighted by Gasteiger charge is -2.29. The molecule has 0 spiro atoms. The van der Waals surface area contributed by atoms with E-state index >= 15 is 0 Å². The Morgan fingerprint density at radius 3 is 2.48 bits per heavy atom. The second-order valence-electron chi connectivity index (χ2n) is 6.54. The van der Waals surface area contributed by atoms with E-state index in [9.17, 15) is 17.6 Å². The van der Waals surface area contributed by atoms with E-state index in [0.717, 1.165) is 37.9 Å². The molecule has 1 aromatic rings. The van der Waals surface area contributed by atoms with Crippen LogP contribution in [0.4, 0.5) is 4.39 Å². The van der Waals surface area contributed by atoms with Crippen LogP contribution in [0.1, 0.15) is 25.7 Å². The third-order valence-electron chi connectivity index (χ3n) is 4.83. The minimum Gasteiger partial charge on any atom is -0.340 e. The zero-order chi connectivity index (χ0) is 17.9. The fourth-order valence-corrected chi connectivity index (χ4v) is 4.86. The van der Waals surface area contributed by atoms with Gasteiger partial charge in [-0.05, 0) is 50.1 Å². The topological polar surface area (TPSA) is 69.7 Å². The summed E-state index contributed by atoms with van der Waals surface area (Å²) in [4.78, 5) is 14.5. The summed E-state index contributed by atoms with van der Waals surface area (Å²) >= 11 is 0. The fourth-order valence-electron chi connectivity index (χ4n) is 3.39. The number of carbonyl (C=O) groups excluding carboxylic acids is 1. The maximum atomic E-state index is 13.0. The summed E-state index contributed by atoms with van der Waals surface area (Å²) in [6.07, 6.45) is 3.57. The Morgan fingerprint density at radius 2 is 1.80 bits per heavy atom. The Bertz CT molecular complexity index is 702. The Hall–Kier alpha value is -1.51. The summed E-state index contributed by atoms with van der Waals surface area (Å²) < 4.78 is 39.9. The minimum atomic E-state index is -3.66. The highest BCUT2D eigenvalue weighted by molar-refractivity contribution is 7.89. The first kappa shape index (κ1) is 18.3. The summed E-state index contributed by atoms with van der Waals surface area (Å²) in [6, 6.07) is 4.72. The number of amides is 1. The second kappa shape index (κ2) is 7.80. The quantitative estimate of drug-likeness (QED) is 0.869. The molecule has 2 aliphatic rings. The van der Waals surface area contributed by atoms with Gasteiger partial charge in [0.2, 0.25) is 15.9 Å². The van der Waals surface area contributed by atoms with E-state index in [0.29, 0.717) is 26.1 Å². The van der Waals surface area contributed by atoms with Crippen molar-refractivity contribution >= 4 is 15.9 Å². The van der Waals surface area contributed by atoms with Gasteiger partial charge in [-0.3, -0.25) is 4.79 Å². The van der Waals surface area contributed by atoms with Gasteiger partial charge >= 0.3 is 0 Å². The van der Waals surface area contributed by atoms with Gasteiger partial charge in [0.15, 0.2) is 0 Å². The van der Waals surface area contributed by atoms with Crippen molar-refractivity contribution in [3.8, 4) is 0 Å². The second-order valence-corrected chi connectivity index (χ2v) is 8.48. The van der Waals surface area contributed by atoms with Crippen molar-refractivity contribution in [2.45, 2.75) is 36.6 Å². The van der Waals surface area contributed by atoms with Crippen LogP contribution in [0.5, 0.6) is 0 Å². The molecule has 138 valence electrons. The van der Waals surface area contributed by atoms with E-state index in [-0.39, 0.29) is 23.4 Å². The van der Waals surface area contributed by atoms with Crippen molar-refractivity contribution in [1.29, 1.82) is 0 Å². The molecular weight excluding hydrogens is 345 g/mol. The number of rotatable bonds is 3. The van der Waals surface area contributed by atoms with Gasteiger partial charge in [0.1, 0.15) is 5.82 Å². The van der Waals surface area contributed by atoms with Crippen LogP contribution in [-0.4, -0.2) is 62.3 Å². The molecule has 0 aromatic heterocycles. The molecule has 2 aliphatic heterocycles. The number of hydrogen-bond acceptors (Lipinski definition) is 4. The lowest BCUT2D eigenvalue weighted by Crippen LogP contribution is -2.49. The van der Waals surface area contributed by atoms with Gasteiger partial charge in [0.25, 0.3) is 0 Å². The SMILES string of the molecule is O=C(C1CCCCN1)N1CCCN(S(=O)(=O)c2ccc(F)cc2)CC1. The van der Waals surface area contributed by atoms with Crippen LogP contribution in [0.15, 0.2) is 29.2 Å². The maximum Gasteiger partial charge on any atom is 0.243 e. The molecule has 0 radical (unpaired) electrons.